The molecule has 0 unspecified atom stereocenters. The average molecular weight is 335 g/mol. The second kappa shape index (κ2) is 9.00. The van der Waals surface area contributed by atoms with Crippen LogP contribution in [0.5, 0.6) is 0 Å². The van der Waals surface area contributed by atoms with Crippen LogP contribution >= 0.6 is 0 Å². The summed E-state index contributed by atoms with van der Waals surface area (Å²) in [6.45, 7) is 6.66. The van der Waals surface area contributed by atoms with Crippen LogP contribution in [0.2, 0.25) is 0 Å². The maximum absolute atomic E-state index is 12.2. The SMILES string of the molecule is CCc1ccc([C@@H](NCC(=O)Nc2ccc(C#N)cc2)C(C)C)cc1. The monoisotopic (exact) mass is 335 g/mol. The third-order valence-electron chi connectivity index (χ3n) is 4.19. The van der Waals surface area contributed by atoms with Crippen molar-refractivity contribution in [2.75, 3.05) is 11.9 Å². The first-order valence-corrected chi connectivity index (χ1v) is 8.65. The van der Waals surface area contributed by atoms with E-state index in [4.69, 9.17) is 5.26 Å². The molecule has 0 saturated carbocycles. The van der Waals surface area contributed by atoms with Gasteiger partial charge in [0.05, 0.1) is 18.2 Å². The van der Waals surface area contributed by atoms with Crippen LogP contribution in [-0.2, 0) is 11.2 Å². The number of anilines is 1. The number of benzene rings is 2. The van der Waals surface area contributed by atoms with E-state index in [2.05, 4.69) is 61.7 Å². The molecular formula is C21H25N3O. The fraction of sp³-hybridized carbons (Fsp3) is 0.333. The maximum atomic E-state index is 12.2. The molecular weight excluding hydrogens is 310 g/mol. The molecule has 1 amide bonds. The van der Waals surface area contributed by atoms with Gasteiger partial charge in [0.2, 0.25) is 5.91 Å². The zero-order valence-corrected chi connectivity index (χ0v) is 15.0. The van der Waals surface area contributed by atoms with Crippen molar-refractivity contribution < 1.29 is 4.79 Å². The number of nitrogens with one attached hydrogen (secondary N) is 2. The van der Waals surface area contributed by atoms with E-state index in [0.717, 1.165) is 6.42 Å². The molecule has 25 heavy (non-hydrogen) atoms. The van der Waals surface area contributed by atoms with Gasteiger partial charge in [0, 0.05) is 11.7 Å². The van der Waals surface area contributed by atoms with E-state index >= 15 is 0 Å². The molecule has 0 heterocycles. The van der Waals surface area contributed by atoms with Crippen LogP contribution in [0.15, 0.2) is 48.5 Å². The number of rotatable bonds is 7. The van der Waals surface area contributed by atoms with Gasteiger partial charge in [-0.1, -0.05) is 45.0 Å². The highest BCUT2D eigenvalue weighted by Crippen LogP contribution is 2.22. The summed E-state index contributed by atoms with van der Waals surface area (Å²) in [5.74, 6) is 0.274. The Labute approximate surface area is 149 Å². The molecule has 0 radical (unpaired) electrons. The van der Waals surface area contributed by atoms with E-state index in [0.29, 0.717) is 17.2 Å². The highest BCUT2D eigenvalue weighted by atomic mass is 16.1. The number of hydrogen-bond donors (Lipinski definition) is 2. The lowest BCUT2D eigenvalue weighted by Gasteiger charge is -2.23. The van der Waals surface area contributed by atoms with Crippen LogP contribution in [0.4, 0.5) is 5.69 Å². The highest BCUT2D eigenvalue weighted by molar-refractivity contribution is 5.92. The van der Waals surface area contributed by atoms with E-state index in [1.54, 1.807) is 24.3 Å². The molecule has 4 heteroatoms. The van der Waals surface area contributed by atoms with Gasteiger partial charge in [0.1, 0.15) is 0 Å². The highest BCUT2D eigenvalue weighted by Gasteiger charge is 2.16. The number of aryl methyl sites for hydroxylation is 1. The van der Waals surface area contributed by atoms with Crippen LogP contribution in [0, 0.1) is 17.2 Å². The summed E-state index contributed by atoms with van der Waals surface area (Å²) >= 11 is 0. The molecule has 2 N–H and O–H groups in total. The number of nitrogens with zero attached hydrogens (tertiary/aromatic N) is 1. The Kier molecular flexibility index (Phi) is 6.73. The molecule has 0 saturated heterocycles. The third-order valence-corrected chi connectivity index (χ3v) is 4.19. The topological polar surface area (TPSA) is 64.9 Å². The van der Waals surface area contributed by atoms with Gasteiger partial charge in [-0.25, -0.2) is 0 Å². The van der Waals surface area contributed by atoms with Crippen LogP contribution < -0.4 is 10.6 Å². The van der Waals surface area contributed by atoms with Gasteiger partial charge in [0.25, 0.3) is 0 Å². The van der Waals surface area contributed by atoms with Gasteiger partial charge >= 0.3 is 0 Å². The molecule has 2 aromatic rings. The first kappa shape index (κ1) is 18.7. The minimum absolute atomic E-state index is 0.0967. The predicted molar refractivity (Wildman–Crippen MR) is 101 cm³/mol. The molecule has 130 valence electrons. The van der Waals surface area contributed by atoms with Crippen molar-refractivity contribution in [2.45, 2.75) is 33.2 Å². The fourth-order valence-corrected chi connectivity index (χ4v) is 2.74. The first-order chi connectivity index (χ1) is 12.0. The number of amides is 1. The Balaban J connectivity index is 1.95. The summed E-state index contributed by atoms with van der Waals surface area (Å²) in [4.78, 5) is 12.2. The van der Waals surface area contributed by atoms with E-state index in [1.807, 2.05) is 0 Å². The quantitative estimate of drug-likeness (QED) is 0.802. The lowest BCUT2D eigenvalue weighted by atomic mass is 9.95. The molecule has 4 nitrogen and oxygen atoms in total. The van der Waals surface area contributed by atoms with Crippen LogP contribution in [0.25, 0.3) is 0 Å². The van der Waals surface area contributed by atoms with Gasteiger partial charge < -0.3 is 10.6 Å². The van der Waals surface area contributed by atoms with Crippen molar-refractivity contribution in [3.63, 3.8) is 0 Å². The molecule has 2 aromatic carbocycles. The van der Waals surface area contributed by atoms with Crippen molar-refractivity contribution in [3.8, 4) is 6.07 Å². The summed E-state index contributed by atoms with van der Waals surface area (Å²) in [6, 6.07) is 17.6. The Morgan fingerprint density at radius 2 is 1.72 bits per heavy atom. The van der Waals surface area contributed by atoms with Crippen molar-refractivity contribution in [3.05, 3.63) is 65.2 Å². The molecule has 0 spiro atoms. The van der Waals surface area contributed by atoms with Gasteiger partial charge in [-0.2, -0.15) is 5.26 Å². The van der Waals surface area contributed by atoms with E-state index in [1.165, 1.54) is 11.1 Å². The zero-order chi connectivity index (χ0) is 18.2. The number of carbonyl (C=O) groups is 1. The van der Waals surface area contributed by atoms with Gasteiger partial charge in [0.15, 0.2) is 0 Å². The van der Waals surface area contributed by atoms with Crippen molar-refractivity contribution >= 4 is 11.6 Å². The fourth-order valence-electron chi connectivity index (χ4n) is 2.74. The lowest BCUT2D eigenvalue weighted by Crippen LogP contribution is -2.33. The molecule has 0 aliphatic carbocycles. The molecule has 0 fully saturated rings. The Bertz CT molecular complexity index is 727. The molecule has 0 bridgehead atoms. The standard InChI is InChI=1S/C21H25N3O/c1-4-16-5-9-18(10-6-16)21(15(2)3)23-14-20(25)24-19-11-7-17(13-22)8-12-19/h5-12,15,21,23H,4,14H2,1-3H3,(H,24,25)/t21-/m0/s1. The molecule has 2 rings (SSSR count). The zero-order valence-electron chi connectivity index (χ0n) is 15.0. The summed E-state index contributed by atoms with van der Waals surface area (Å²) in [5.41, 5.74) is 3.77. The predicted octanol–water partition coefficient (Wildman–Crippen LogP) is 4.05. The van der Waals surface area contributed by atoms with Crippen LogP contribution in [0.1, 0.15) is 43.5 Å². The summed E-state index contributed by atoms with van der Waals surface area (Å²) in [6.07, 6.45) is 1.02. The Hall–Kier alpha value is -2.64. The second-order valence-electron chi connectivity index (χ2n) is 6.44. The van der Waals surface area contributed by atoms with Gasteiger partial charge in [-0.3, -0.25) is 4.79 Å². The van der Waals surface area contributed by atoms with E-state index in [9.17, 15) is 4.79 Å². The second-order valence-corrected chi connectivity index (χ2v) is 6.44. The Morgan fingerprint density at radius 1 is 1.08 bits per heavy atom. The molecule has 1 atom stereocenters. The van der Waals surface area contributed by atoms with Crippen molar-refractivity contribution in [2.24, 2.45) is 5.92 Å². The number of carbonyl (C=O) groups excluding carboxylic acids is 1. The van der Waals surface area contributed by atoms with E-state index in [-0.39, 0.29) is 18.5 Å². The number of nitriles is 1. The minimum atomic E-state index is -0.0967. The minimum Gasteiger partial charge on any atom is -0.325 e. The van der Waals surface area contributed by atoms with Crippen LogP contribution in [-0.4, -0.2) is 12.5 Å². The van der Waals surface area contributed by atoms with Gasteiger partial charge in [-0.05, 0) is 47.7 Å². The lowest BCUT2D eigenvalue weighted by molar-refractivity contribution is -0.115. The van der Waals surface area contributed by atoms with Crippen LogP contribution in [0.3, 0.4) is 0 Å². The Morgan fingerprint density at radius 3 is 2.24 bits per heavy atom. The molecule has 0 aromatic heterocycles. The van der Waals surface area contributed by atoms with Crippen molar-refractivity contribution in [1.29, 1.82) is 5.26 Å². The normalized spacial score (nSPS) is 11.8. The average Bonchev–Trinajstić information content (AvgIpc) is 2.62. The summed E-state index contributed by atoms with van der Waals surface area (Å²) < 4.78 is 0. The summed E-state index contributed by atoms with van der Waals surface area (Å²) in [5, 5.41) is 15.0. The van der Waals surface area contributed by atoms with Gasteiger partial charge in [-0.15, -0.1) is 0 Å². The maximum Gasteiger partial charge on any atom is 0.238 e. The van der Waals surface area contributed by atoms with E-state index < -0.39 is 0 Å². The molecule has 0 aliphatic rings. The van der Waals surface area contributed by atoms with Crippen molar-refractivity contribution in [1.82, 2.24) is 5.32 Å². The summed E-state index contributed by atoms with van der Waals surface area (Å²) in [7, 11) is 0. The number of hydrogen-bond acceptors (Lipinski definition) is 3. The first-order valence-electron chi connectivity index (χ1n) is 8.65. The third kappa shape index (κ3) is 5.44. The smallest absolute Gasteiger partial charge is 0.238 e. The largest absolute Gasteiger partial charge is 0.325 e. The molecule has 0 aliphatic heterocycles.